The van der Waals surface area contributed by atoms with Crippen molar-refractivity contribution in [3.05, 3.63) is 46.2 Å². The summed E-state index contributed by atoms with van der Waals surface area (Å²) in [6, 6.07) is 7.39. The van der Waals surface area contributed by atoms with Crippen LogP contribution in [0.1, 0.15) is 11.3 Å². The van der Waals surface area contributed by atoms with Crippen LogP contribution in [0.4, 0.5) is 18.9 Å². The Balaban J connectivity index is 2.00. The zero-order chi connectivity index (χ0) is 13.9. The van der Waals surface area contributed by atoms with Gasteiger partial charge in [-0.1, -0.05) is 15.9 Å². The number of alkyl halides is 3. The molecule has 1 aromatic heterocycles. The largest absolute Gasteiger partial charge is 0.394 e. The molecule has 2 aromatic rings. The minimum atomic E-state index is -4.24. The van der Waals surface area contributed by atoms with Crippen LogP contribution in [0.25, 0.3) is 0 Å². The Labute approximate surface area is 116 Å². The maximum atomic E-state index is 12.3. The number of nitrogens with one attached hydrogen (secondary N) is 2. The molecule has 2 N–H and O–H groups in total. The second kappa shape index (κ2) is 5.64. The number of anilines is 1. The van der Waals surface area contributed by atoms with E-state index in [1.54, 1.807) is 0 Å². The SMILES string of the molecule is FC(F)(F)Cc1[nH]ncc1CNc1ccc(Br)cc1. The summed E-state index contributed by atoms with van der Waals surface area (Å²) in [4.78, 5) is 0. The molecule has 1 aromatic carbocycles. The Bertz CT molecular complexity index is 534. The molecule has 7 heteroatoms. The average molecular weight is 334 g/mol. The monoisotopic (exact) mass is 333 g/mol. The molecule has 0 atom stereocenters. The maximum absolute atomic E-state index is 12.3. The normalized spacial score (nSPS) is 11.6. The highest BCUT2D eigenvalue weighted by Crippen LogP contribution is 2.22. The van der Waals surface area contributed by atoms with Crippen LogP contribution in [0.5, 0.6) is 0 Å². The van der Waals surface area contributed by atoms with Gasteiger partial charge in [0.25, 0.3) is 0 Å². The molecule has 0 aliphatic heterocycles. The highest BCUT2D eigenvalue weighted by atomic mass is 79.9. The average Bonchev–Trinajstić information content (AvgIpc) is 2.73. The van der Waals surface area contributed by atoms with Gasteiger partial charge in [-0.25, -0.2) is 0 Å². The quantitative estimate of drug-likeness (QED) is 0.891. The Morgan fingerprint density at radius 3 is 2.53 bits per heavy atom. The molecule has 0 aliphatic rings. The zero-order valence-electron chi connectivity index (χ0n) is 9.76. The summed E-state index contributed by atoms with van der Waals surface area (Å²) in [7, 11) is 0. The number of aromatic nitrogens is 2. The third-order valence-electron chi connectivity index (χ3n) is 2.51. The number of H-pyrrole nitrogens is 1. The molecule has 0 saturated carbocycles. The summed E-state index contributed by atoms with van der Waals surface area (Å²) in [6.07, 6.45) is -3.82. The summed E-state index contributed by atoms with van der Waals surface area (Å²) in [5, 5.41) is 9.10. The molecule has 0 fully saturated rings. The van der Waals surface area contributed by atoms with E-state index in [1.807, 2.05) is 24.3 Å². The van der Waals surface area contributed by atoms with Crippen molar-refractivity contribution in [2.45, 2.75) is 19.1 Å². The van der Waals surface area contributed by atoms with E-state index >= 15 is 0 Å². The van der Waals surface area contributed by atoms with Crippen LogP contribution in [-0.4, -0.2) is 16.4 Å². The fourth-order valence-electron chi connectivity index (χ4n) is 1.61. The summed E-state index contributed by atoms with van der Waals surface area (Å²) >= 11 is 3.31. The number of benzene rings is 1. The number of hydrogen-bond acceptors (Lipinski definition) is 2. The summed E-state index contributed by atoms with van der Waals surface area (Å²) < 4.78 is 37.9. The summed E-state index contributed by atoms with van der Waals surface area (Å²) in [6.45, 7) is 0.295. The Hall–Kier alpha value is -1.50. The van der Waals surface area contributed by atoms with Crippen molar-refractivity contribution in [3.63, 3.8) is 0 Å². The van der Waals surface area contributed by atoms with Gasteiger partial charge in [0.1, 0.15) is 0 Å². The number of aromatic amines is 1. The van der Waals surface area contributed by atoms with Crippen LogP contribution < -0.4 is 5.32 Å². The van der Waals surface area contributed by atoms with Gasteiger partial charge in [0.15, 0.2) is 0 Å². The second-order valence-electron chi connectivity index (χ2n) is 4.03. The maximum Gasteiger partial charge on any atom is 0.394 e. The van der Waals surface area contributed by atoms with E-state index < -0.39 is 12.6 Å². The molecule has 19 heavy (non-hydrogen) atoms. The van der Waals surface area contributed by atoms with Gasteiger partial charge in [-0.2, -0.15) is 18.3 Å². The predicted molar refractivity (Wildman–Crippen MR) is 69.8 cm³/mol. The molecule has 3 nitrogen and oxygen atoms in total. The van der Waals surface area contributed by atoms with Crippen LogP contribution in [0.15, 0.2) is 34.9 Å². The van der Waals surface area contributed by atoms with Crippen LogP contribution in [-0.2, 0) is 13.0 Å². The van der Waals surface area contributed by atoms with Gasteiger partial charge in [0, 0.05) is 28.0 Å². The fraction of sp³-hybridized carbons (Fsp3) is 0.250. The van der Waals surface area contributed by atoms with Gasteiger partial charge in [-0.3, -0.25) is 5.10 Å². The molecular formula is C12H11BrF3N3. The van der Waals surface area contributed by atoms with Crippen molar-refractivity contribution in [3.8, 4) is 0 Å². The molecular weight excluding hydrogens is 323 g/mol. The lowest BCUT2D eigenvalue weighted by Crippen LogP contribution is -2.14. The summed E-state index contributed by atoms with van der Waals surface area (Å²) in [5.41, 5.74) is 1.44. The molecule has 0 amide bonds. The number of nitrogens with zero attached hydrogens (tertiary/aromatic N) is 1. The zero-order valence-corrected chi connectivity index (χ0v) is 11.3. The van der Waals surface area contributed by atoms with Crippen LogP contribution >= 0.6 is 15.9 Å². The number of halogens is 4. The molecule has 102 valence electrons. The third kappa shape index (κ3) is 4.27. The first-order valence-electron chi connectivity index (χ1n) is 5.51. The molecule has 0 radical (unpaired) electrons. The smallest absolute Gasteiger partial charge is 0.381 e. The second-order valence-corrected chi connectivity index (χ2v) is 4.94. The van der Waals surface area contributed by atoms with Crippen LogP contribution in [0.3, 0.4) is 0 Å². The Morgan fingerprint density at radius 2 is 1.89 bits per heavy atom. The van der Waals surface area contributed by atoms with Crippen molar-refractivity contribution in [2.24, 2.45) is 0 Å². The van der Waals surface area contributed by atoms with E-state index in [1.165, 1.54) is 6.20 Å². The van der Waals surface area contributed by atoms with Gasteiger partial charge < -0.3 is 5.32 Å². The number of hydrogen-bond donors (Lipinski definition) is 2. The summed E-state index contributed by atoms with van der Waals surface area (Å²) in [5.74, 6) is 0. The molecule has 1 heterocycles. The van der Waals surface area contributed by atoms with E-state index in [0.717, 1.165) is 10.2 Å². The molecule has 0 aliphatic carbocycles. The minimum absolute atomic E-state index is 0.0945. The Morgan fingerprint density at radius 1 is 1.21 bits per heavy atom. The standard InChI is InChI=1S/C12H11BrF3N3/c13-9-1-3-10(4-2-9)17-6-8-7-18-19-11(8)5-12(14,15)16/h1-4,7,17H,5-6H2,(H,18,19). The highest BCUT2D eigenvalue weighted by Gasteiger charge is 2.29. The first-order chi connectivity index (χ1) is 8.94. The topological polar surface area (TPSA) is 40.7 Å². The fourth-order valence-corrected chi connectivity index (χ4v) is 1.87. The minimum Gasteiger partial charge on any atom is -0.381 e. The van der Waals surface area contributed by atoms with Crippen molar-refractivity contribution < 1.29 is 13.2 Å². The molecule has 0 bridgehead atoms. The van der Waals surface area contributed by atoms with E-state index in [4.69, 9.17) is 0 Å². The van der Waals surface area contributed by atoms with E-state index in [0.29, 0.717) is 12.1 Å². The molecule has 2 rings (SSSR count). The van der Waals surface area contributed by atoms with Gasteiger partial charge in [-0.15, -0.1) is 0 Å². The number of rotatable bonds is 4. The van der Waals surface area contributed by atoms with Crippen molar-refractivity contribution in [1.29, 1.82) is 0 Å². The van der Waals surface area contributed by atoms with Crippen molar-refractivity contribution in [1.82, 2.24) is 10.2 Å². The van der Waals surface area contributed by atoms with Crippen molar-refractivity contribution >= 4 is 21.6 Å². The lowest BCUT2D eigenvalue weighted by Gasteiger charge is -2.08. The lowest BCUT2D eigenvalue weighted by molar-refractivity contribution is -0.127. The molecule has 0 spiro atoms. The van der Waals surface area contributed by atoms with Crippen LogP contribution in [0.2, 0.25) is 0 Å². The van der Waals surface area contributed by atoms with Crippen LogP contribution in [0, 0.1) is 0 Å². The van der Waals surface area contributed by atoms with Gasteiger partial charge >= 0.3 is 6.18 Å². The third-order valence-corrected chi connectivity index (χ3v) is 3.04. The van der Waals surface area contributed by atoms with E-state index in [9.17, 15) is 13.2 Å². The van der Waals surface area contributed by atoms with E-state index in [2.05, 4.69) is 31.4 Å². The van der Waals surface area contributed by atoms with E-state index in [-0.39, 0.29) is 5.69 Å². The Kier molecular flexibility index (Phi) is 4.14. The molecule has 0 saturated heterocycles. The van der Waals surface area contributed by atoms with Gasteiger partial charge in [0.05, 0.1) is 12.6 Å². The highest BCUT2D eigenvalue weighted by molar-refractivity contribution is 9.10. The van der Waals surface area contributed by atoms with Gasteiger partial charge in [0.2, 0.25) is 0 Å². The lowest BCUT2D eigenvalue weighted by atomic mass is 10.2. The van der Waals surface area contributed by atoms with Crippen molar-refractivity contribution in [2.75, 3.05) is 5.32 Å². The first-order valence-corrected chi connectivity index (χ1v) is 6.30. The van der Waals surface area contributed by atoms with Gasteiger partial charge in [-0.05, 0) is 24.3 Å². The molecule has 0 unspecified atom stereocenters. The first kappa shape index (κ1) is 13.9. The predicted octanol–water partition coefficient (Wildman–Crippen LogP) is 3.89.